The molecule has 0 radical (unpaired) electrons. The number of nitrogens with one attached hydrogen (secondary N) is 3. The van der Waals surface area contributed by atoms with Crippen LogP contribution in [0.5, 0.6) is 0 Å². The summed E-state index contributed by atoms with van der Waals surface area (Å²) in [4.78, 5) is 49.4. The highest BCUT2D eigenvalue weighted by atomic mass is 16.7. The van der Waals surface area contributed by atoms with Gasteiger partial charge in [-0.25, -0.2) is 9.78 Å². The molecular formula is C24H23N5O4. The number of H-pyrrole nitrogens is 2. The second-order valence-electron chi connectivity index (χ2n) is 7.44. The van der Waals surface area contributed by atoms with Gasteiger partial charge in [0.1, 0.15) is 5.82 Å². The van der Waals surface area contributed by atoms with Gasteiger partial charge in [-0.05, 0) is 24.1 Å². The zero-order chi connectivity index (χ0) is 23.2. The lowest BCUT2D eigenvalue weighted by Gasteiger charge is -2.12. The number of imidazole rings is 1. The fourth-order valence-corrected chi connectivity index (χ4v) is 3.36. The van der Waals surface area contributed by atoms with Crippen LogP contribution in [0.1, 0.15) is 24.2 Å². The van der Waals surface area contributed by atoms with E-state index in [4.69, 9.17) is 4.84 Å². The predicted octanol–water partition coefficient (Wildman–Crippen LogP) is 3.84. The molecule has 0 aliphatic carbocycles. The fourth-order valence-electron chi connectivity index (χ4n) is 3.36. The Morgan fingerprint density at radius 3 is 2.48 bits per heavy atom. The lowest BCUT2D eigenvalue weighted by atomic mass is 10.2. The highest BCUT2D eigenvalue weighted by Gasteiger charge is 2.32. The van der Waals surface area contributed by atoms with Crippen molar-refractivity contribution < 1.29 is 19.2 Å². The highest BCUT2D eigenvalue weighted by Crippen LogP contribution is 2.17. The molecule has 2 aromatic carbocycles. The van der Waals surface area contributed by atoms with Crippen LogP contribution in [0.4, 0.5) is 4.79 Å². The minimum absolute atomic E-state index is 0.0603. The van der Waals surface area contributed by atoms with Crippen LogP contribution < -0.4 is 5.32 Å². The number of amides is 3. The van der Waals surface area contributed by atoms with Crippen LogP contribution in [0.2, 0.25) is 0 Å². The van der Waals surface area contributed by atoms with E-state index in [1.54, 1.807) is 6.20 Å². The average molecular weight is 445 g/mol. The Morgan fingerprint density at radius 1 is 1.06 bits per heavy atom. The van der Waals surface area contributed by atoms with Crippen molar-refractivity contribution in [1.29, 1.82) is 0 Å². The minimum Gasteiger partial charge on any atom is -0.361 e. The molecular weight excluding hydrogens is 422 g/mol. The maximum Gasteiger partial charge on any atom is 0.432 e. The summed E-state index contributed by atoms with van der Waals surface area (Å²) in [5, 5.41) is 4.25. The van der Waals surface area contributed by atoms with E-state index in [0.29, 0.717) is 10.9 Å². The van der Waals surface area contributed by atoms with Gasteiger partial charge in [-0.2, -0.15) is 0 Å². The Hall–Kier alpha value is -4.40. The zero-order valence-electron chi connectivity index (χ0n) is 18.0. The summed E-state index contributed by atoms with van der Waals surface area (Å²) in [6.07, 6.45) is 2.93. The van der Waals surface area contributed by atoms with Gasteiger partial charge in [-0.1, -0.05) is 48.5 Å². The number of imide groups is 1. The standard InChI is InChI=1S/C15H14N4O4.C9H9N/c20-13-6-7-14(21)19(13)23-15(22)17-9-12-16-8-11(18-12)10-4-2-1-3-5-10;1-7-6-10-9-5-3-2-4-8(7)9/h1-5,8H,6-7,9H2,(H,16,18)(H,17,22);2-6,10H,1H3. The van der Waals surface area contributed by atoms with Gasteiger partial charge in [0.25, 0.3) is 11.8 Å². The third-order valence-electron chi connectivity index (χ3n) is 5.09. The molecule has 9 heteroatoms. The largest absolute Gasteiger partial charge is 0.432 e. The van der Waals surface area contributed by atoms with Gasteiger partial charge < -0.3 is 20.1 Å². The second-order valence-corrected chi connectivity index (χ2v) is 7.44. The highest BCUT2D eigenvalue weighted by molar-refractivity contribution is 6.01. The Kier molecular flexibility index (Phi) is 6.49. The third-order valence-corrected chi connectivity index (χ3v) is 5.09. The molecule has 9 nitrogen and oxygen atoms in total. The van der Waals surface area contributed by atoms with Gasteiger partial charge in [0.15, 0.2) is 0 Å². The molecule has 1 aliphatic heterocycles. The van der Waals surface area contributed by atoms with Crippen LogP contribution in [-0.4, -0.2) is 37.9 Å². The number of hydroxylamine groups is 2. The molecule has 3 N–H and O–H groups in total. The van der Waals surface area contributed by atoms with Crippen LogP contribution in [0.25, 0.3) is 22.2 Å². The van der Waals surface area contributed by atoms with E-state index in [1.807, 2.05) is 42.6 Å². The van der Waals surface area contributed by atoms with Crippen molar-refractivity contribution >= 4 is 28.8 Å². The number of rotatable bonds is 4. The van der Waals surface area contributed by atoms with Crippen molar-refractivity contribution in [2.24, 2.45) is 0 Å². The molecule has 1 fully saturated rings. The number of fused-ring (bicyclic) bond motifs is 1. The predicted molar refractivity (Wildman–Crippen MR) is 121 cm³/mol. The maximum atomic E-state index is 11.6. The van der Waals surface area contributed by atoms with Gasteiger partial charge >= 0.3 is 6.09 Å². The number of benzene rings is 2. The molecule has 0 spiro atoms. The summed E-state index contributed by atoms with van der Waals surface area (Å²) in [5.41, 5.74) is 4.33. The SMILES string of the molecule is Cc1c[nH]c2ccccc12.O=C(NCc1ncc(-c2ccccc2)[nH]1)ON1C(=O)CCC1=O. The Labute approximate surface area is 189 Å². The van der Waals surface area contributed by atoms with Crippen molar-refractivity contribution in [2.75, 3.05) is 0 Å². The van der Waals surface area contributed by atoms with Crippen molar-refractivity contribution in [3.8, 4) is 11.3 Å². The maximum absolute atomic E-state index is 11.6. The van der Waals surface area contributed by atoms with E-state index in [2.05, 4.69) is 45.4 Å². The van der Waals surface area contributed by atoms with Crippen LogP contribution in [0, 0.1) is 6.92 Å². The summed E-state index contributed by atoms with van der Waals surface area (Å²) in [6.45, 7) is 2.20. The molecule has 0 atom stereocenters. The lowest BCUT2D eigenvalue weighted by molar-refractivity contribution is -0.171. The Balaban J connectivity index is 0.000000214. The normalized spacial score (nSPS) is 13.1. The molecule has 1 saturated heterocycles. The van der Waals surface area contributed by atoms with Gasteiger partial charge in [-0.3, -0.25) is 9.59 Å². The zero-order valence-corrected chi connectivity index (χ0v) is 18.0. The van der Waals surface area contributed by atoms with Gasteiger partial charge in [0.05, 0.1) is 18.4 Å². The Morgan fingerprint density at radius 2 is 1.76 bits per heavy atom. The molecule has 168 valence electrons. The monoisotopic (exact) mass is 445 g/mol. The lowest BCUT2D eigenvalue weighted by Crippen LogP contribution is -2.36. The molecule has 0 unspecified atom stereocenters. The first kappa shape index (κ1) is 21.8. The first-order chi connectivity index (χ1) is 16.0. The number of hydrogen-bond acceptors (Lipinski definition) is 5. The first-order valence-electron chi connectivity index (χ1n) is 10.4. The van der Waals surface area contributed by atoms with E-state index in [9.17, 15) is 14.4 Å². The second kappa shape index (κ2) is 9.82. The van der Waals surface area contributed by atoms with Crippen LogP contribution in [0.3, 0.4) is 0 Å². The molecule has 2 aromatic heterocycles. The first-order valence-corrected chi connectivity index (χ1v) is 10.4. The average Bonchev–Trinajstić information content (AvgIpc) is 3.55. The van der Waals surface area contributed by atoms with E-state index in [1.165, 1.54) is 16.5 Å². The van der Waals surface area contributed by atoms with Crippen LogP contribution in [0.15, 0.2) is 67.0 Å². The summed E-state index contributed by atoms with van der Waals surface area (Å²) in [6, 6.07) is 17.9. The number of para-hydroxylation sites is 1. The topological polar surface area (TPSA) is 120 Å². The molecule has 1 aliphatic rings. The Bertz CT molecular complexity index is 1260. The number of aromatic nitrogens is 3. The van der Waals surface area contributed by atoms with Crippen molar-refractivity contribution in [3.63, 3.8) is 0 Å². The number of carbonyl (C=O) groups excluding carboxylic acids is 3. The molecule has 4 aromatic rings. The number of nitrogens with zero attached hydrogens (tertiary/aromatic N) is 2. The summed E-state index contributed by atoms with van der Waals surface area (Å²) < 4.78 is 0. The molecule has 3 heterocycles. The van der Waals surface area contributed by atoms with Gasteiger partial charge in [-0.15, -0.1) is 5.06 Å². The van der Waals surface area contributed by atoms with Crippen LogP contribution >= 0.6 is 0 Å². The van der Waals surface area contributed by atoms with Crippen molar-refractivity contribution in [1.82, 2.24) is 25.3 Å². The molecule has 5 rings (SSSR count). The van der Waals surface area contributed by atoms with Crippen molar-refractivity contribution in [3.05, 3.63) is 78.4 Å². The summed E-state index contributed by atoms with van der Waals surface area (Å²) in [7, 11) is 0. The van der Waals surface area contributed by atoms with E-state index < -0.39 is 17.9 Å². The van der Waals surface area contributed by atoms with Crippen molar-refractivity contribution in [2.45, 2.75) is 26.3 Å². The summed E-state index contributed by atoms with van der Waals surface area (Å²) in [5.74, 6) is -0.510. The third kappa shape index (κ3) is 5.27. The quantitative estimate of drug-likeness (QED) is 0.412. The summed E-state index contributed by atoms with van der Waals surface area (Å²) >= 11 is 0. The molecule has 33 heavy (non-hydrogen) atoms. The molecule has 0 saturated carbocycles. The minimum atomic E-state index is -0.883. The number of aromatic amines is 2. The fraction of sp³-hybridized carbons (Fsp3) is 0.167. The molecule has 3 amide bonds. The van der Waals surface area contributed by atoms with Crippen LogP contribution in [-0.2, 0) is 21.0 Å². The number of hydrogen-bond donors (Lipinski definition) is 3. The van der Waals surface area contributed by atoms with Gasteiger partial charge in [0, 0.05) is 29.9 Å². The number of aryl methyl sites for hydroxylation is 1. The van der Waals surface area contributed by atoms with E-state index in [-0.39, 0.29) is 19.4 Å². The smallest absolute Gasteiger partial charge is 0.361 e. The van der Waals surface area contributed by atoms with Gasteiger partial charge in [0.2, 0.25) is 0 Å². The van der Waals surface area contributed by atoms with E-state index in [0.717, 1.165) is 11.3 Å². The van der Waals surface area contributed by atoms with E-state index >= 15 is 0 Å². The number of carbonyl (C=O) groups is 3. The molecule has 0 bridgehead atoms.